The van der Waals surface area contributed by atoms with E-state index >= 15 is 0 Å². The van der Waals surface area contributed by atoms with Gasteiger partial charge in [-0.15, -0.1) is 0 Å². The molecule has 0 aromatic carbocycles. The van der Waals surface area contributed by atoms with Gasteiger partial charge in [0.25, 0.3) is 0 Å². The summed E-state index contributed by atoms with van der Waals surface area (Å²) in [5.74, 6) is 1.95. The number of likely N-dealkylation sites (N-methyl/N-ethyl adjacent to an activating group) is 1. The predicted octanol–water partition coefficient (Wildman–Crippen LogP) is 2.00. The number of piperazine rings is 1. The first kappa shape index (κ1) is 14.6. The minimum Gasteiger partial charge on any atom is -0.465 e. The van der Waals surface area contributed by atoms with Crippen LogP contribution in [0.15, 0.2) is 16.5 Å². The van der Waals surface area contributed by atoms with Gasteiger partial charge >= 0.3 is 0 Å². The van der Waals surface area contributed by atoms with Crippen molar-refractivity contribution in [3.8, 4) is 0 Å². The van der Waals surface area contributed by atoms with Crippen molar-refractivity contribution in [1.29, 1.82) is 0 Å². The highest BCUT2D eigenvalue weighted by atomic mass is 16.3. The second kappa shape index (κ2) is 5.65. The van der Waals surface area contributed by atoms with Crippen molar-refractivity contribution in [2.75, 3.05) is 20.1 Å². The maximum atomic E-state index is 6.22. The van der Waals surface area contributed by atoms with Crippen LogP contribution in [-0.4, -0.2) is 48.1 Å². The van der Waals surface area contributed by atoms with Crippen molar-refractivity contribution in [3.63, 3.8) is 0 Å². The summed E-state index contributed by atoms with van der Waals surface area (Å²) in [6, 6.07) is 5.41. The largest absolute Gasteiger partial charge is 0.465 e. The van der Waals surface area contributed by atoms with Crippen LogP contribution < -0.4 is 5.73 Å². The molecule has 0 spiro atoms. The van der Waals surface area contributed by atoms with E-state index in [2.05, 4.69) is 43.7 Å². The lowest BCUT2D eigenvalue weighted by Gasteiger charge is -2.46. The second-order valence-electron chi connectivity index (χ2n) is 6.07. The fourth-order valence-electron chi connectivity index (χ4n) is 3.06. The number of hydrogen-bond acceptors (Lipinski definition) is 4. The molecule has 1 fully saturated rings. The Bertz CT molecular complexity index is 403. The Morgan fingerprint density at radius 3 is 2.26 bits per heavy atom. The summed E-state index contributed by atoms with van der Waals surface area (Å²) in [5.41, 5.74) is 6.22. The molecule has 2 rings (SSSR count). The lowest BCUT2D eigenvalue weighted by atomic mass is 10.0. The average molecular weight is 265 g/mol. The van der Waals surface area contributed by atoms with Gasteiger partial charge in [-0.05, 0) is 46.9 Å². The van der Waals surface area contributed by atoms with E-state index in [1.54, 1.807) is 0 Å². The molecule has 0 amide bonds. The standard InChI is InChI=1S/C15H27N3O/c1-10-8-18(9-11(2)17(10)5)15(13(4)16)14-7-6-12(3)19-14/h6-7,10-11,13,15H,8-9,16H2,1-5H3. The molecule has 4 unspecified atom stereocenters. The van der Waals surface area contributed by atoms with Crippen LogP contribution in [0, 0.1) is 6.92 Å². The highest BCUT2D eigenvalue weighted by molar-refractivity contribution is 5.12. The molecule has 4 heteroatoms. The van der Waals surface area contributed by atoms with Crippen molar-refractivity contribution >= 4 is 0 Å². The molecule has 19 heavy (non-hydrogen) atoms. The van der Waals surface area contributed by atoms with Gasteiger partial charge in [0.15, 0.2) is 0 Å². The summed E-state index contributed by atoms with van der Waals surface area (Å²) < 4.78 is 5.82. The molecule has 2 N–H and O–H groups in total. The molecule has 108 valence electrons. The van der Waals surface area contributed by atoms with Crippen molar-refractivity contribution in [1.82, 2.24) is 9.80 Å². The third-order valence-electron chi connectivity index (χ3n) is 4.33. The first-order valence-electron chi connectivity index (χ1n) is 7.18. The highest BCUT2D eigenvalue weighted by Crippen LogP contribution is 2.28. The van der Waals surface area contributed by atoms with Crippen molar-refractivity contribution in [3.05, 3.63) is 23.7 Å². The van der Waals surface area contributed by atoms with E-state index in [1.165, 1.54) is 0 Å². The van der Waals surface area contributed by atoms with Gasteiger partial charge in [0, 0.05) is 31.2 Å². The smallest absolute Gasteiger partial charge is 0.122 e. The molecule has 1 aliphatic heterocycles. The molecule has 0 bridgehead atoms. The van der Waals surface area contributed by atoms with Crippen LogP contribution >= 0.6 is 0 Å². The van der Waals surface area contributed by atoms with E-state index < -0.39 is 0 Å². The van der Waals surface area contributed by atoms with E-state index in [9.17, 15) is 0 Å². The minimum atomic E-state index is 0.0633. The Kier molecular flexibility index (Phi) is 4.33. The van der Waals surface area contributed by atoms with Crippen LogP contribution in [0.3, 0.4) is 0 Å². The lowest BCUT2D eigenvalue weighted by Crippen LogP contribution is -2.57. The third-order valence-corrected chi connectivity index (χ3v) is 4.33. The molecule has 1 saturated heterocycles. The summed E-state index contributed by atoms with van der Waals surface area (Å²) in [6.07, 6.45) is 0. The van der Waals surface area contributed by atoms with Gasteiger partial charge in [-0.2, -0.15) is 0 Å². The number of hydrogen-bond donors (Lipinski definition) is 1. The van der Waals surface area contributed by atoms with Crippen LogP contribution in [0.1, 0.15) is 38.3 Å². The van der Waals surface area contributed by atoms with Crippen LogP contribution in [0.5, 0.6) is 0 Å². The number of aryl methyl sites for hydroxylation is 1. The Morgan fingerprint density at radius 2 is 1.84 bits per heavy atom. The molecule has 0 radical (unpaired) electrons. The van der Waals surface area contributed by atoms with Gasteiger partial charge in [-0.1, -0.05) is 0 Å². The highest BCUT2D eigenvalue weighted by Gasteiger charge is 2.34. The monoisotopic (exact) mass is 265 g/mol. The molecule has 4 nitrogen and oxygen atoms in total. The van der Waals surface area contributed by atoms with Crippen LogP contribution in [0.25, 0.3) is 0 Å². The second-order valence-corrected chi connectivity index (χ2v) is 6.07. The molecular weight excluding hydrogens is 238 g/mol. The zero-order valence-electron chi connectivity index (χ0n) is 12.8. The van der Waals surface area contributed by atoms with Gasteiger partial charge in [0.05, 0.1) is 6.04 Å². The Balaban J connectivity index is 2.20. The van der Waals surface area contributed by atoms with Crippen LogP contribution in [0.4, 0.5) is 0 Å². The molecule has 2 heterocycles. The van der Waals surface area contributed by atoms with E-state index in [0.717, 1.165) is 24.6 Å². The number of nitrogens with two attached hydrogens (primary N) is 1. The maximum Gasteiger partial charge on any atom is 0.122 e. The summed E-state index contributed by atoms with van der Waals surface area (Å²) in [6.45, 7) is 10.7. The van der Waals surface area contributed by atoms with Crippen molar-refractivity contribution < 1.29 is 4.42 Å². The van der Waals surface area contributed by atoms with Gasteiger partial charge in [0.1, 0.15) is 11.5 Å². The number of furan rings is 1. The Labute approximate surface area is 116 Å². The first-order valence-corrected chi connectivity index (χ1v) is 7.18. The topological polar surface area (TPSA) is 45.6 Å². The van der Waals surface area contributed by atoms with Gasteiger partial charge in [-0.3, -0.25) is 9.80 Å². The van der Waals surface area contributed by atoms with Gasteiger partial charge in [-0.25, -0.2) is 0 Å². The fourth-order valence-corrected chi connectivity index (χ4v) is 3.06. The first-order chi connectivity index (χ1) is 8.90. The molecule has 0 saturated carbocycles. The Hall–Kier alpha value is -0.840. The Morgan fingerprint density at radius 1 is 1.26 bits per heavy atom. The number of rotatable bonds is 3. The fraction of sp³-hybridized carbons (Fsp3) is 0.733. The molecule has 0 aliphatic carbocycles. The van der Waals surface area contributed by atoms with E-state index in [-0.39, 0.29) is 12.1 Å². The minimum absolute atomic E-state index is 0.0633. The SMILES string of the molecule is Cc1ccc(C(C(C)N)N2CC(C)N(C)C(C)C2)o1. The number of nitrogens with zero attached hydrogens (tertiary/aromatic N) is 2. The summed E-state index contributed by atoms with van der Waals surface area (Å²) in [4.78, 5) is 4.90. The normalized spacial score (nSPS) is 29.4. The predicted molar refractivity (Wildman–Crippen MR) is 78.1 cm³/mol. The maximum absolute atomic E-state index is 6.22. The third kappa shape index (κ3) is 3.02. The molecule has 1 aliphatic rings. The summed E-state index contributed by atoms with van der Waals surface area (Å²) in [5, 5.41) is 0. The van der Waals surface area contributed by atoms with Crippen molar-refractivity contribution in [2.45, 2.75) is 51.9 Å². The van der Waals surface area contributed by atoms with E-state index in [4.69, 9.17) is 10.2 Å². The van der Waals surface area contributed by atoms with Crippen molar-refractivity contribution in [2.24, 2.45) is 5.73 Å². The molecular formula is C15H27N3O. The quantitative estimate of drug-likeness (QED) is 0.908. The van der Waals surface area contributed by atoms with Gasteiger partial charge in [0.2, 0.25) is 0 Å². The van der Waals surface area contributed by atoms with Crippen LogP contribution in [0.2, 0.25) is 0 Å². The summed E-state index contributed by atoms with van der Waals surface area (Å²) in [7, 11) is 2.20. The lowest BCUT2D eigenvalue weighted by molar-refractivity contribution is 0.0211. The molecule has 1 aromatic rings. The molecule has 1 aromatic heterocycles. The average Bonchev–Trinajstić information content (AvgIpc) is 2.72. The van der Waals surface area contributed by atoms with E-state index in [1.807, 2.05) is 13.0 Å². The zero-order valence-corrected chi connectivity index (χ0v) is 12.8. The van der Waals surface area contributed by atoms with E-state index in [0.29, 0.717) is 12.1 Å². The summed E-state index contributed by atoms with van der Waals surface area (Å²) >= 11 is 0. The zero-order chi connectivity index (χ0) is 14.2. The molecule has 4 atom stereocenters. The van der Waals surface area contributed by atoms with Crippen LogP contribution in [-0.2, 0) is 0 Å². The van der Waals surface area contributed by atoms with Gasteiger partial charge < -0.3 is 10.2 Å².